The van der Waals surface area contributed by atoms with E-state index < -0.39 is 5.60 Å². The molecule has 5 heteroatoms. The Kier molecular flexibility index (Phi) is 5.44. The van der Waals surface area contributed by atoms with Crippen LogP contribution >= 0.6 is 0 Å². The van der Waals surface area contributed by atoms with E-state index in [0.717, 1.165) is 59.7 Å². The molecule has 3 aliphatic heterocycles. The van der Waals surface area contributed by atoms with Gasteiger partial charge in [-0.1, -0.05) is 36.4 Å². The Morgan fingerprint density at radius 2 is 1.67 bits per heavy atom. The Labute approximate surface area is 229 Å². The first-order chi connectivity index (χ1) is 19.0. The van der Waals surface area contributed by atoms with Crippen molar-refractivity contribution >= 4 is 23.0 Å². The fourth-order valence-electron chi connectivity index (χ4n) is 6.67. The van der Waals surface area contributed by atoms with Crippen LogP contribution in [0.5, 0.6) is 11.5 Å². The van der Waals surface area contributed by atoms with Crippen LogP contribution < -0.4 is 14.5 Å². The van der Waals surface area contributed by atoms with Crippen LogP contribution in [0.15, 0.2) is 84.9 Å². The molecule has 0 aliphatic carbocycles. The van der Waals surface area contributed by atoms with Crippen molar-refractivity contribution in [3.05, 3.63) is 113 Å². The number of carbonyl (C=O) groups is 1. The SMILES string of the molecule is CCN(CC)c1ccc2c(c1)Oc1ccc(N3c4ccccc4CCC3C)cc1C21OC(=O)c2ccccc21. The van der Waals surface area contributed by atoms with E-state index in [-0.39, 0.29) is 5.97 Å². The molecule has 0 saturated heterocycles. The van der Waals surface area contributed by atoms with Gasteiger partial charge < -0.3 is 19.3 Å². The summed E-state index contributed by atoms with van der Waals surface area (Å²) in [7, 11) is 0. The number of benzene rings is 4. The van der Waals surface area contributed by atoms with Gasteiger partial charge in [0.25, 0.3) is 0 Å². The predicted molar refractivity (Wildman–Crippen MR) is 155 cm³/mol. The summed E-state index contributed by atoms with van der Waals surface area (Å²) in [4.78, 5) is 18.0. The van der Waals surface area contributed by atoms with E-state index >= 15 is 0 Å². The summed E-state index contributed by atoms with van der Waals surface area (Å²) < 4.78 is 13.1. The smallest absolute Gasteiger partial charge is 0.340 e. The molecular weight excluding hydrogens is 484 g/mol. The first-order valence-corrected chi connectivity index (χ1v) is 14.0. The van der Waals surface area contributed by atoms with E-state index in [1.807, 2.05) is 30.3 Å². The third kappa shape index (κ3) is 3.42. The molecule has 7 rings (SSSR count). The quantitative estimate of drug-likeness (QED) is 0.262. The second-order valence-corrected chi connectivity index (χ2v) is 10.6. The van der Waals surface area contributed by atoms with Crippen LogP contribution in [0.25, 0.3) is 0 Å². The highest BCUT2D eigenvalue weighted by Gasteiger charge is 2.53. The van der Waals surface area contributed by atoms with E-state index in [0.29, 0.717) is 17.4 Å². The normalized spacial score (nSPS) is 20.4. The van der Waals surface area contributed by atoms with Gasteiger partial charge in [0.05, 0.1) is 5.56 Å². The van der Waals surface area contributed by atoms with Gasteiger partial charge in [0.1, 0.15) is 11.5 Å². The molecule has 0 saturated carbocycles. The highest BCUT2D eigenvalue weighted by molar-refractivity contribution is 5.97. The highest BCUT2D eigenvalue weighted by atomic mass is 16.6. The highest BCUT2D eigenvalue weighted by Crippen LogP contribution is 2.57. The van der Waals surface area contributed by atoms with E-state index in [2.05, 4.69) is 85.2 Å². The minimum absolute atomic E-state index is 0.306. The molecule has 0 bridgehead atoms. The van der Waals surface area contributed by atoms with Gasteiger partial charge in [0, 0.05) is 59.0 Å². The van der Waals surface area contributed by atoms with Crippen molar-refractivity contribution in [1.82, 2.24) is 0 Å². The van der Waals surface area contributed by atoms with Gasteiger partial charge in [-0.05, 0) is 81.6 Å². The molecule has 0 aromatic heterocycles. The summed E-state index contributed by atoms with van der Waals surface area (Å²) in [6, 6.07) is 29.3. The lowest BCUT2D eigenvalue weighted by Gasteiger charge is -2.40. The number of para-hydroxylation sites is 1. The molecule has 2 unspecified atom stereocenters. The predicted octanol–water partition coefficient (Wildman–Crippen LogP) is 7.57. The number of hydrogen-bond donors (Lipinski definition) is 0. The standard InChI is InChI=1S/C34H32N2O3/c1-4-35(5-2)24-16-18-28-32(21-24)38-31-19-17-25(36-22(3)14-15-23-10-6-9-13-30(23)36)20-29(31)34(28)27-12-8-7-11-26(27)33(37)39-34/h6-13,16-22H,4-5,14-15H2,1-3H3. The second kappa shape index (κ2) is 8.91. The van der Waals surface area contributed by atoms with Crippen LogP contribution in [-0.4, -0.2) is 25.1 Å². The lowest BCUT2D eigenvalue weighted by Crippen LogP contribution is -2.35. The molecule has 0 fully saturated rings. The minimum atomic E-state index is -1.08. The van der Waals surface area contributed by atoms with Gasteiger partial charge in [-0.15, -0.1) is 0 Å². The van der Waals surface area contributed by atoms with Crippen LogP contribution in [0.4, 0.5) is 17.1 Å². The van der Waals surface area contributed by atoms with Gasteiger partial charge in [0.15, 0.2) is 5.60 Å². The first-order valence-electron chi connectivity index (χ1n) is 14.0. The molecule has 0 N–H and O–H groups in total. The summed E-state index contributed by atoms with van der Waals surface area (Å²) >= 11 is 0. The van der Waals surface area contributed by atoms with Gasteiger partial charge >= 0.3 is 5.97 Å². The second-order valence-electron chi connectivity index (χ2n) is 10.6. The van der Waals surface area contributed by atoms with Gasteiger partial charge in [-0.2, -0.15) is 0 Å². The Morgan fingerprint density at radius 3 is 2.51 bits per heavy atom. The van der Waals surface area contributed by atoms with Crippen LogP contribution in [0.1, 0.15) is 59.8 Å². The number of rotatable bonds is 4. The molecule has 196 valence electrons. The zero-order valence-corrected chi connectivity index (χ0v) is 22.6. The maximum atomic E-state index is 13.3. The molecule has 1 spiro atoms. The third-order valence-corrected chi connectivity index (χ3v) is 8.61. The number of hydrogen-bond acceptors (Lipinski definition) is 5. The molecule has 2 atom stereocenters. The van der Waals surface area contributed by atoms with Crippen molar-refractivity contribution in [3.8, 4) is 11.5 Å². The Balaban J connectivity index is 1.45. The van der Waals surface area contributed by atoms with E-state index in [1.54, 1.807) is 0 Å². The molecule has 39 heavy (non-hydrogen) atoms. The van der Waals surface area contributed by atoms with Gasteiger partial charge in [-0.3, -0.25) is 0 Å². The molecule has 0 amide bonds. The number of ether oxygens (including phenoxy) is 2. The Bertz CT molecular complexity index is 1610. The number of aryl methyl sites for hydroxylation is 1. The number of nitrogens with zero attached hydrogens (tertiary/aromatic N) is 2. The molecule has 0 radical (unpaired) electrons. The van der Waals surface area contributed by atoms with Crippen LogP contribution in [0.2, 0.25) is 0 Å². The van der Waals surface area contributed by atoms with Crippen molar-refractivity contribution in [3.63, 3.8) is 0 Å². The topological polar surface area (TPSA) is 42.0 Å². The maximum absolute atomic E-state index is 13.3. The molecule has 5 nitrogen and oxygen atoms in total. The molecule has 3 heterocycles. The zero-order chi connectivity index (χ0) is 26.7. The Hall–Kier alpha value is -4.25. The number of esters is 1. The summed E-state index contributed by atoms with van der Waals surface area (Å²) in [5.74, 6) is 1.13. The monoisotopic (exact) mass is 516 g/mol. The lowest BCUT2D eigenvalue weighted by atomic mass is 9.77. The Morgan fingerprint density at radius 1 is 0.872 bits per heavy atom. The van der Waals surface area contributed by atoms with E-state index in [1.165, 1.54) is 11.3 Å². The zero-order valence-electron chi connectivity index (χ0n) is 22.6. The molecule has 4 aromatic rings. The molecule has 4 aromatic carbocycles. The van der Waals surface area contributed by atoms with Crippen molar-refractivity contribution < 1.29 is 14.3 Å². The summed E-state index contributed by atoms with van der Waals surface area (Å²) in [6.45, 7) is 8.37. The number of anilines is 3. The molecular formula is C34H32N2O3. The van der Waals surface area contributed by atoms with E-state index in [4.69, 9.17) is 9.47 Å². The first kappa shape index (κ1) is 23.8. The number of carbonyl (C=O) groups excluding carboxylic acids is 1. The average Bonchev–Trinajstić information content (AvgIpc) is 3.26. The van der Waals surface area contributed by atoms with Gasteiger partial charge in [-0.25, -0.2) is 4.79 Å². The van der Waals surface area contributed by atoms with Crippen LogP contribution in [0.3, 0.4) is 0 Å². The average molecular weight is 517 g/mol. The minimum Gasteiger partial charge on any atom is -0.456 e. The maximum Gasteiger partial charge on any atom is 0.340 e. The van der Waals surface area contributed by atoms with Crippen molar-refractivity contribution in [2.45, 2.75) is 45.3 Å². The largest absolute Gasteiger partial charge is 0.456 e. The summed E-state index contributed by atoms with van der Waals surface area (Å²) in [5, 5.41) is 0. The van der Waals surface area contributed by atoms with Crippen molar-refractivity contribution in [1.29, 1.82) is 0 Å². The van der Waals surface area contributed by atoms with E-state index in [9.17, 15) is 4.79 Å². The third-order valence-electron chi connectivity index (χ3n) is 8.61. The van der Waals surface area contributed by atoms with Crippen LogP contribution in [0, 0.1) is 0 Å². The summed E-state index contributed by atoms with van der Waals surface area (Å²) in [6.07, 6.45) is 2.14. The summed E-state index contributed by atoms with van der Waals surface area (Å²) in [5.41, 5.74) is 6.84. The van der Waals surface area contributed by atoms with Crippen molar-refractivity contribution in [2.75, 3.05) is 22.9 Å². The van der Waals surface area contributed by atoms with Gasteiger partial charge in [0.2, 0.25) is 0 Å². The fourth-order valence-corrected chi connectivity index (χ4v) is 6.67. The molecule has 3 aliphatic rings. The van der Waals surface area contributed by atoms with Crippen molar-refractivity contribution in [2.24, 2.45) is 0 Å². The van der Waals surface area contributed by atoms with Crippen LogP contribution in [-0.2, 0) is 16.8 Å². The number of fused-ring (bicyclic) bond motifs is 7. The fraction of sp³-hybridized carbons (Fsp3) is 0.265. The lowest BCUT2D eigenvalue weighted by molar-refractivity contribution is 0.0224.